The molecule has 1 atom stereocenters. The fourth-order valence-corrected chi connectivity index (χ4v) is 2.64. The molecule has 0 saturated carbocycles. The molecule has 0 saturated heterocycles. The lowest BCUT2D eigenvalue weighted by Crippen LogP contribution is -2.40. The summed E-state index contributed by atoms with van der Waals surface area (Å²) in [6.07, 6.45) is -0.0107. The van der Waals surface area contributed by atoms with Crippen molar-refractivity contribution in [1.29, 1.82) is 0 Å². The molecule has 0 spiro atoms. The predicted octanol–water partition coefficient (Wildman–Crippen LogP) is 3.49. The topological polar surface area (TPSA) is 21.7 Å². The molecule has 22 heavy (non-hydrogen) atoms. The molecule has 0 fully saturated rings. The Morgan fingerprint density at radius 2 is 1.95 bits per heavy atom. The SMILES string of the molecule is CCN(Cc1cccc(F)c1)CC1COc2ccccc2O1. The largest absolute Gasteiger partial charge is 0.486 e. The molecule has 0 N–H and O–H groups in total. The minimum atomic E-state index is -0.195. The summed E-state index contributed by atoms with van der Waals surface area (Å²) in [5.41, 5.74) is 0.971. The molecular weight excluding hydrogens is 281 g/mol. The first kappa shape index (κ1) is 14.9. The smallest absolute Gasteiger partial charge is 0.161 e. The first-order valence-electron chi connectivity index (χ1n) is 7.60. The molecule has 2 aromatic carbocycles. The van der Waals surface area contributed by atoms with Crippen LogP contribution in [0.1, 0.15) is 12.5 Å². The van der Waals surface area contributed by atoms with Crippen LogP contribution in [0.25, 0.3) is 0 Å². The van der Waals surface area contributed by atoms with Gasteiger partial charge in [0.1, 0.15) is 18.5 Å². The van der Waals surface area contributed by atoms with Crippen LogP contribution in [0.3, 0.4) is 0 Å². The number of likely N-dealkylation sites (N-methyl/N-ethyl adjacent to an activating group) is 1. The van der Waals surface area contributed by atoms with E-state index in [0.717, 1.165) is 30.2 Å². The molecule has 3 rings (SSSR count). The molecule has 1 aliphatic rings. The van der Waals surface area contributed by atoms with E-state index in [1.54, 1.807) is 12.1 Å². The van der Waals surface area contributed by atoms with Crippen molar-refractivity contribution < 1.29 is 13.9 Å². The molecule has 0 aliphatic carbocycles. The van der Waals surface area contributed by atoms with E-state index >= 15 is 0 Å². The van der Waals surface area contributed by atoms with Crippen molar-refractivity contribution in [2.24, 2.45) is 0 Å². The lowest BCUT2D eigenvalue weighted by atomic mass is 10.2. The second-order valence-electron chi connectivity index (χ2n) is 5.46. The van der Waals surface area contributed by atoms with Crippen LogP contribution >= 0.6 is 0 Å². The van der Waals surface area contributed by atoms with Gasteiger partial charge in [-0.1, -0.05) is 31.2 Å². The molecule has 1 aliphatic heterocycles. The zero-order valence-electron chi connectivity index (χ0n) is 12.7. The van der Waals surface area contributed by atoms with Gasteiger partial charge in [0, 0.05) is 13.1 Å². The van der Waals surface area contributed by atoms with Crippen LogP contribution < -0.4 is 9.47 Å². The molecule has 2 aromatic rings. The van der Waals surface area contributed by atoms with Gasteiger partial charge in [0.25, 0.3) is 0 Å². The summed E-state index contributed by atoms with van der Waals surface area (Å²) < 4.78 is 25.0. The van der Waals surface area contributed by atoms with Crippen LogP contribution in [0.2, 0.25) is 0 Å². The van der Waals surface area contributed by atoms with E-state index in [9.17, 15) is 4.39 Å². The van der Waals surface area contributed by atoms with Crippen molar-refractivity contribution in [2.45, 2.75) is 19.6 Å². The van der Waals surface area contributed by atoms with Crippen LogP contribution in [-0.2, 0) is 6.54 Å². The molecule has 1 heterocycles. The van der Waals surface area contributed by atoms with E-state index in [2.05, 4.69) is 11.8 Å². The van der Waals surface area contributed by atoms with Gasteiger partial charge in [0.2, 0.25) is 0 Å². The van der Waals surface area contributed by atoms with Crippen LogP contribution in [-0.4, -0.2) is 30.7 Å². The van der Waals surface area contributed by atoms with Crippen LogP contribution in [0, 0.1) is 5.82 Å². The Labute approximate surface area is 130 Å². The third kappa shape index (κ3) is 3.57. The summed E-state index contributed by atoms with van der Waals surface area (Å²) in [6.45, 7) is 4.96. The van der Waals surface area contributed by atoms with Gasteiger partial charge < -0.3 is 9.47 Å². The highest BCUT2D eigenvalue weighted by molar-refractivity contribution is 5.40. The van der Waals surface area contributed by atoms with E-state index in [1.165, 1.54) is 6.07 Å². The van der Waals surface area contributed by atoms with Gasteiger partial charge in [-0.3, -0.25) is 4.90 Å². The standard InChI is InChI=1S/C18H20FNO2/c1-2-20(11-14-6-5-7-15(19)10-14)12-16-13-21-17-8-3-4-9-18(17)22-16/h3-10,16H,2,11-13H2,1H3. The van der Waals surface area contributed by atoms with E-state index in [1.807, 2.05) is 30.3 Å². The maximum atomic E-state index is 13.3. The minimum Gasteiger partial charge on any atom is -0.486 e. The number of ether oxygens (including phenoxy) is 2. The van der Waals surface area contributed by atoms with Crippen molar-refractivity contribution in [3.05, 3.63) is 59.9 Å². The number of benzene rings is 2. The summed E-state index contributed by atoms with van der Waals surface area (Å²) in [6, 6.07) is 14.4. The zero-order valence-corrected chi connectivity index (χ0v) is 12.7. The van der Waals surface area contributed by atoms with Gasteiger partial charge in [-0.15, -0.1) is 0 Å². The molecule has 4 heteroatoms. The van der Waals surface area contributed by atoms with Gasteiger partial charge in [-0.2, -0.15) is 0 Å². The molecule has 1 unspecified atom stereocenters. The maximum Gasteiger partial charge on any atom is 0.161 e. The first-order chi connectivity index (χ1) is 10.7. The molecule has 116 valence electrons. The average molecular weight is 301 g/mol. The second kappa shape index (κ2) is 6.79. The van der Waals surface area contributed by atoms with Crippen LogP contribution in [0.15, 0.2) is 48.5 Å². The first-order valence-corrected chi connectivity index (χ1v) is 7.60. The number of rotatable bonds is 5. The van der Waals surface area contributed by atoms with Crippen molar-refractivity contribution in [3.8, 4) is 11.5 Å². The highest BCUT2D eigenvalue weighted by Crippen LogP contribution is 2.31. The third-order valence-electron chi connectivity index (χ3n) is 3.77. The fourth-order valence-electron chi connectivity index (χ4n) is 2.64. The highest BCUT2D eigenvalue weighted by Gasteiger charge is 2.22. The van der Waals surface area contributed by atoms with E-state index in [-0.39, 0.29) is 11.9 Å². The van der Waals surface area contributed by atoms with E-state index in [0.29, 0.717) is 13.2 Å². The van der Waals surface area contributed by atoms with Crippen LogP contribution in [0.4, 0.5) is 4.39 Å². The monoisotopic (exact) mass is 301 g/mol. The normalized spacial score (nSPS) is 16.8. The van der Waals surface area contributed by atoms with Gasteiger partial charge >= 0.3 is 0 Å². The Kier molecular flexibility index (Phi) is 4.59. The molecule has 0 bridgehead atoms. The molecule has 0 aromatic heterocycles. The van der Waals surface area contributed by atoms with Crippen molar-refractivity contribution in [2.75, 3.05) is 19.7 Å². The predicted molar refractivity (Wildman–Crippen MR) is 83.7 cm³/mol. The highest BCUT2D eigenvalue weighted by atomic mass is 19.1. The Balaban J connectivity index is 1.62. The Morgan fingerprint density at radius 1 is 1.14 bits per heavy atom. The van der Waals surface area contributed by atoms with Gasteiger partial charge in [0.05, 0.1) is 0 Å². The fraction of sp³-hybridized carbons (Fsp3) is 0.333. The van der Waals surface area contributed by atoms with E-state index < -0.39 is 0 Å². The Bertz CT molecular complexity index is 632. The van der Waals surface area contributed by atoms with Gasteiger partial charge in [0.15, 0.2) is 11.5 Å². The number of fused-ring (bicyclic) bond motifs is 1. The lowest BCUT2D eigenvalue weighted by Gasteiger charge is -2.30. The molecule has 0 radical (unpaired) electrons. The Hall–Kier alpha value is -2.07. The summed E-state index contributed by atoms with van der Waals surface area (Å²) in [5.74, 6) is 1.40. The van der Waals surface area contributed by atoms with Crippen molar-refractivity contribution in [3.63, 3.8) is 0 Å². The molecule has 0 amide bonds. The Morgan fingerprint density at radius 3 is 2.73 bits per heavy atom. The second-order valence-corrected chi connectivity index (χ2v) is 5.46. The maximum absolute atomic E-state index is 13.3. The molecule has 3 nitrogen and oxygen atoms in total. The quantitative estimate of drug-likeness (QED) is 0.844. The van der Waals surface area contributed by atoms with Gasteiger partial charge in [-0.05, 0) is 36.4 Å². The number of hydrogen-bond acceptors (Lipinski definition) is 3. The van der Waals surface area contributed by atoms with Gasteiger partial charge in [-0.25, -0.2) is 4.39 Å². The van der Waals surface area contributed by atoms with Crippen molar-refractivity contribution in [1.82, 2.24) is 4.90 Å². The average Bonchev–Trinajstić information content (AvgIpc) is 2.54. The summed E-state index contributed by atoms with van der Waals surface area (Å²) >= 11 is 0. The zero-order chi connectivity index (χ0) is 15.4. The number of halogens is 1. The number of hydrogen-bond donors (Lipinski definition) is 0. The lowest BCUT2D eigenvalue weighted by molar-refractivity contribution is 0.0580. The minimum absolute atomic E-state index is 0.0107. The van der Waals surface area contributed by atoms with E-state index in [4.69, 9.17) is 9.47 Å². The number of nitrogens with zero attached hydrogens (tertiary/aromatic N) is 1. The summed E-state index contributed by atoms with van der Waals surface area (Å²) in [4.78, 5) is 2.23. The summed E-state index contributed by atoms with van der Waals surface area (Å²) in [5, 5.41) is 0. The number of para-hydroxylation sites is 2. The van der Waals surface area contributed by atoms with Crippen LogP contribution in [0.5, 0.6) is 11.5 Å². The third-order valence-corrected chi connectivity index (χ3v) is 3.77. The molecular formula is C18H20FNO2. The van der Waals surface area contributed by atoms with Crippen molar-refractivity contribution >= 4 is 0 Å². The summed E-state index contributed by atoms with van der Waals surface area (Å²) in [7, 11) is 0.